The summed E-state index contributed by atoms with van der Waals surface area (Å²) in [7, 11) is 0. The molecule has 0 unspecified atom stereocenters. The lowest BCUT2D eigenvalue weighted by atomic mass is 9.98. The van der Waals surface area contributed by atoms with Gasteiger partial charge in [-0.25, -0.2) is 8.91 Å². The average molecular weight is 581 g/mol. The Labute approximate surface area is 252 Å². The zero-order chi connectivity index (χ0) is 29.5. The van der Waals surface area contributed by atoms with E-state index >= 15 is 0 Å². The summed E-state index contributed by atoms with van der Waals surface area (Å²) in [6.45, 7) is 11.9. The fraction of sp³-hybridized carbons (Fsp3) is 0.314. The number of ether oxygens (including phenoxy) is 1. The molecular formula is C35H37FN4OS. The number of anilines is 1. The summed E-state index contributed by atoms with van der Waals surface area (Å²) in [5, 5.41) is 8.68. The molecule has 3 aromatic carbocycles. The number of aryl methyl sites for hydroxylation is 4. The zero-order valence-electron chi connectivity index (χ0n) is 24.9. The van der Waals surface area contributed by atoms with Crippen molar-refractivity contribution in [3.05, 3.63) is 106 Å². The van der Waals surface area contributed by atoms with Crippen LogP contribution in [0.3, 0.4) is 0 Å². The molecule has 0 spiro atoms. The third kappa shape index (κ3) is 5.11. The standard InChI is InChI=1S/C35H37FN4OS/c1-21(2)27-17-12-22(3)19-30(27)41-20-31-38-40-33(34(42)37-29-11-8-9-23(4)24(29)5)32(25-13-15-26(36)16-14-25)28-10-6-7-18-39(31)35(28)40/h8-9,11-17,19,21H,6-7,10,18,20H2,1-5H3,(H,37,42). The van der Waals surface area contributed by atoms with Crippen molar-refractivity contribution in [2.24, 2.45) is 0 Å². The quantitative estimate of drug-likeness (QED) is 0.196. The van der Waals surface area contributed by atoms with E-state index in [1.807, 2.05) is 28.8 Å². The van der Waals surface area contributed by atoms with E-state index < -0.39 is 0 Å². The second-order valence-electron chi connectivity index (χ2n) is 11.7. The second-order valence-corrected chi connectivity index (χ2v) is 12.1. The Hall–Kier alpha value is -3.97. The Bertz CT molecular complexity index is 1800. The summed E-state index contributed by atoms with van der Waals surface area (Å²) in [5.74, 6) is 1.86. The van der Waals surface area contributed by atoms with Gasteiger partial charge in [0.05, 0.1) is 0 Å². The number of benzene rings is 3. The molecule has 7 heteroatoms. The van der Waals surface area contributed by atoms with Crippen LogP contribution in [-0.4, -0.2) is 19.2 Å². The first kappa shape index (κ1) is 28.2. The zero-order valence-corrected chi connectivity index (χ0v) is 25.7. The van der Waals surface area contributed by atoms with Gasteiger partial charge in [-0.2, -0.15) is 0 Å². The van der Waals surface area contributed by atoms with E-state index in [1.54, 1.807) is 0 Å². The first-order valence-corrected chi connectivity index (χ1v) is 15.1. The Balaban J connectivity index is 1.49. The molecule has 0 amide bonds. The first-order chi connectivity index (χ1) is 20.2. The highest BCUT2D eigenvalue weighted by atomic mass is 32.1. The first-order valence-electron chi connectivity index (χ1n) is 14.7. The van der Waals surface area contributed by atoms with Crippen molar-refractivity contribution in [2.45, 2.75) is 73.0 Å². The molecule has 3 heterocycles. The summed E-state index contributed by atoms with van der Waals surface area (Å²) in [6, 6.07) is 19.3. The molecule has 0 bridgehead atoms. The van der Waals surface area contributed by atoms with Crippen LogP contribution >= 0.6 is 12.2 Å². The van der Waals surface area contributed by atoms with E-state index in [4.69, 9.17) is 22.1 Å². The molecule has 216 valence electrons. The number of thiocarbonyl (C=S) groups is 1. The smallest absolute Gasteiger partial charge is 0.169 e. The van der Waals surface area contributed by atoms with Crippen molar-refractivity contribution in [1.82, 2.24) is 14.2 Å². The van der Waals surface area contributed by atoms with Crippen molar-refractivity contribution < 1.29 is 9.13 Å². The highest BCUT2D eigenvalue weighted by Crippen LogP contribution is 2.38. The van der Waals surface area contributed by atoms with Gasteiger partial charge in [0.15, 0.2) is 5.82 Å². The van der Waals surface area contributed by atoms with Crippen LogP contribution in [0.1, 0.15) is 71.9 Å². The molecule has 0 aliphatic carbocycles. The Morgan fingerprint density at radius 3 is 2.60 bits per heavy atom. The van der Waals surface area contributed by atoms with Gasteiger partial charge in [0.25, 0.3) is 0 Å². The molecule has 42 heavy (non-hydrogen) atoms. The minimum Gasteiger partial charge on any atom is -0.485 e. The molecule has 5 nitrogen and oxygen atoms in total. The largest absolute Gasteiger partial charge is 0.485 e. The predicted octanol–water partition coefficient (Wildman–Crippen LogP) is 8.69. The average Bonchev–Trinajstić information content (AvgIpc) is 3.36. The van der Waals surface area contributed by atoms with Crippen LogP contribution < -0.4 is 10.1 Å². The van der Waals surface area contributed by atoms with Crippen molar-refractivity contribution in [2.75, 3.05) is 5.32 Å². The van der Waals surface area contributed by atoms with Crippen LogP contribution in [0, 0.1) is 26.6 Å². The van der Waals surface area contributed by atoms with Crippen molar-refractivity contribution in [3.63, 3.8) is 0 Å². The SMILES string of the molecule is Cc1ccc(C(C)C)c(OCc2nn3c(C(=S)Nc4cccc(C)c4C)c(-c4ccc(F)cc4)c4c3n2CCCC4)c1. The minimum absolute atomic E-state index is 0.259. The van der Waals surface area contributed by atoms with Crippen molar-refractivity contribution in [1.29, 1.82) is 0 Å². The van der Waals surface area contributed by atoms with E-state index in [0.717, 1.165) is 71.1 Å². The maximum atomic E-state index is 14.0. The number of rotatable bonds is 7. The normalized spacial score (nSPS) is 13.0. The lowest BCUT2D eigenvalue weighted by Gasteiger charge is -2.15. The molecule has 6 rings (SSSR count). The maximum Gasteiger partial charge on any atom is 0.169 e. The molecule has 0 saturated heterocycles. The predicted molar refractivity (Wildman–Crippen MR) is 172 cm³/mol. The highest BCUT2D eigenvalue weighted by molar-refractivity contribution is 7.81. The van der Waals surface area contributed by atoms with Crippen LogP contribution in [0.5, 0.6) is 5.75 Å². The van der Waals surface area contributed by atoms with Gasteiger partial charge in [0.2, 0.25) is 0 Å². The highest BCUT2D eigenvalue weighted by Gasteiger charge is 2.29. The van der Waals surface area contributed by atoms with E-state index in [-0.39, 0.29) is 5.82 Å². The van der Waals surface area contributed by atoms with E-state index in [9.17, 15) is 4.39 Å². The van der Waals surface area contributed by atoms with Gasteiger partial charge in [0, 0.05) is 23.4 Å². The van der Waals surface area contributed by atoms with Gasteiger partial charge in [0.1, 0.15) is 34.5 Å². The number of hydrogen-bond donors (Lipinski definition) is 1. The van der Waals surface area contributed by atoms with E-state index in [1.165, 1.54) is 34.4 Å². The summed E-state index contributed by atoms with van der Waals surface area (Å²) in [6.07, 6.45) is 2.98. The number of nitrogens with one attached hydrogen (secondary N) is 1. The molecule has 1 N–H and O–H groups in total. The van der Waals surface area contributed by atoms with Gasteiger partial charge in [-0.1, -0.05) is 62.5 Å². The Morgan fingerprint density at radius 2 is 1.83 bits per heavy atom. The lowest BCUT2D eigenvalue weighted by Crippen LogP contribution is -2.16. The Kier molecular flexibility index (Phi) is 7.62. The number of nitrogens with zero attached hydrogens (tertiary/aromatic N) is 3. The van der Waals surface area contributed by atoms with Crippen LogP contribution in [0.4, 0.5) is 10.1 Å². The fourth-order valence-electron chi connectivity index (χ4n) is 6.00. The lowest BCUT2D eigenvalue weighted by molar-refractivity contribution is 0.284. The maximum absolute atomic E-state index is 14.0. The third-order valence-corrected chi connectivity index (χ3v) is 8.71. The van der Waals surface area contributed by atoms with Gasteiger partial charge in [-0.15, -0.1) is 5.10 Å². The van der Waals surface area contributed by atoms with Crippen LogP contribution in [0.25, 0.3) is 16.8 Å². The summed E-state index contributed by atoms with van der Waals surface area (Å²) in [4.78, 5) is 0.586. The van der Waals surface area contributed by atoms with Gasteiger partial charge in [-0.05, 0) is 98.0 Å². The minimum atomic E-state index is -0.259. The summed E-state index contributed by atoms with van der Waals surface area (Å²) < 4.78 is 24.8. The topological polar surface area (TPSA) is 43.5 Å². The van der Waals surface area contributed by atoms with Gasteiger partial charge in [-0.3, -0.25) is 0 Å². The summed E-state index contributed by atoms with van der Waals surface area (Å²) >= 11 is 6.13. The number of hydrogen-bond acceptors (Lipinski definition) is 3. The summed E-state index contributed by atoms with van der Waals surface area (Å²) in [5.41, 5.74) is 10.7. The molecule has 0 atom stereocenters. The van der Waals surface area contributed by atoms with E-state index in [0.29, 0.717) is 17.5 Å². The molecule has 0 saturated carbocycles. The van der Waals surface area contributed by atoms with Crippen LogP contribution in [-0.2, 0) is 19.6 Å². The second kappa shape index (κ2) is 11.4. The van der Waals surface area contributed by atoms with Crippen molar-refractivity contribution in [3.8, 4) is 16.9 Å². The monoisotopic (exact) mass is 580 g/mol. The fourth-order valence-corrected chi connectivity index (χ4v) is 6.30. The molecule has 1 aliphatic rings. The molecule has 5 aromatic rings. The molecule has 0 fully saturated rings. The van der Waals surface area contributed by atoms with Crippen LogP contribution in [0.2, 0.25) is 0 Å². The molecule has 2 aromatic heterocycles. The van der Waals surface area contributed by atoms with Crippen molar-refractivity contribution >= 4 is 28.5 Å². The van der Waals surface area contributed by atoms with Gasteiger partial charge >= 0.3 is 0 Å². The molecule has 0 radical (unpaired) electrons. The number of halogens is 1. The van der Waals surface area contributed by atoms with E-state index in [2.05, 4.69) is 68.8 Å². The van der Waals surface area contributed by atoms with Crippen LogP contribution in [0.15, 0.2) is 60.7 Å². The number of aromatic nitrogens is 3. The van der Waals surface area contributed by atoms with Gasteiger partial charge < -0.3 is 14.6 Å². The molecular weight excluding hydrogens is 543 g/mol. The third-order valence-electron chi connectivity index (χ3n) is 8.41. The Morgan fingerprint density at radius 1 is 1.05 bits per heavy atom. The molecule has 1 aliphatic heterocycles.